The lowest BCUT2D eigenvalue weighted by Gasteiger charge is -2.39. The predicted molar refractivity (Wildman–Crippen MR) is 200 cm³/mol. The molecule has 2 fully saturated rings. The summed E-state index contributed by atoms with van der Waals surface area (Å²) in [7, 11) is -2.42. The quantitative estimate of drug-likeness (QED) is 0.132. The van der Waals surface area contributed by atoms with Gasteiger partial charge in [0.25, 0.3) is 10.0 Å². The molecule has 0 radical (unpaired) electrons. The van der Waals surface area contributed by atoms with Gasteiger partial charge < -0.3 is 14.2 Å². The molecular formula is C39H37ClN4O5S2. The van der Waals surface area contributed by atoms with Crippen LogP contribution in [-0.4, -0.2) is 60.7 Å². The molecule has 262 valence electrons. The van der Waals surface area contributed by atoms with Gasteiger partial charge in [-0.25, -0.2) is 22.4 Å². The van der Waals surface area contributed by atoms with Gasteiger partial charge in [0.1, 0.15) is 10.8 Å². The molecule has 12 heteroatoms. The highest BCUT2D eigenvalue weighted by molar-refractivity contribution is 7.90. The van der Waals surface area contributed by atoms with Gasteiger partial charge in [-0.1, -0.05) is 65.7 Å². The normalized spacial score (nSPS) is 16.1. The Balaban J connectivity index is 1.20. The number of halogens is 1. The van der Waals surface area contributed by atoms with Crippen molar-refractivity contribution in [2.75, 3.05) is 33.4 Å². The average Bonchev–Trinajstić information content (AvgIpc) is 3.90. The Morgan fingerprint density at radius 2 is 1.63 bits per heavy atom. The molecule has 2 aliphatic heterocycles. The number of hydrogen-bond acceptors (Lipinski definition) is 9. The van der Waals surface area contributed by atoms with E-state index in [-0.39, 0.29) is 4.90 Å². The van der Waals surface area contributed by atoms with Gasteiger partial charge in [-0.2, -0.15) is 0 Å². The first kappa shape index (κ1) is 34.0. The molecule has 8 rings (SSSR count). The van der Waals surface area contributed by atoms with Gasteiger partial charge in [-0.05, 0) is 79.9 Å². The van der Waals surface area contributed by atoms with E-state index in [1.165, 1.54) is 39.9 Å². The maximum absolute atomic E-state index is 14.5. The zero-order valence-electron chi connectivity index (χ0n) is 28.3. The summed E-state index contributed by atoms with van der Waals surface area (Å²) in [5, 5.41) is 1.77. The summed E-state index contributed by atoms with van der Waals surface area (Å²) < 4.78 is 47.7. The molecule has 6 aromatic rings. The first-order valence-corrected chi connectivity index (χ1v) is 19.5. The van der Waals surface area contributed by atoms with Crippen LogP contribution in [0, 0.1) is 6.92 Å². The fraction of sp³-hybridized carbons (Fsp3) is 0.282. The minimum Gasteiger partial charge on any atom is -0.497 e. The molecular weight excluding hydrogens is 704 g/mol. The van der Waals surface area contributed by atoms with E-state index in [2.05, 4.69) is 22.0 Å². The van der Waals surface area contributed by atoms with Gasteiger partial charge in [0.2, 0.25) is 0 Å². The van der Waals surface area contributed by atoms with E-state index in [9.17, 15) is 8.42 Å². The molecule has 9 nitrogen and oxygen atoms in total. The molecule has 5 heterocycles. The maximum Gasteiger partial charge on any atom is 0.269 e. The number of fused-ring (bicyclic) bond motifs is 1. The third kappa shape index (κ3) is 6.47. The topological polar surface area (TPSA) is 95.8 Å². The first-order chi connectivity index (χ1) is 24.7. The molecule has 51 heavy (non-hydrogen) atoms. The first-order valence-electron chi connectivity index (χ1n) is 16.9. The van der Waals surface area contributed by atoms with Crippen molar-refractivity contribution in [2.45, 2.75) is 43.4 Å². The Kier molecular flexibility index (Phi) is 9.20. The second kappa shape index (κ2) is 13.8. The highest BCUT2D eigenvalue weighted by atomic mass is 35.5. The average molecular weight is 741 g/mol. The SMILES string of the molecule is COc1ccc(COC2(c3ncc(-c4c(Cl)cnc5c4cc(-c4ccc(CN6CCCC6)cc4)n5S(=O)(=O)c4ccc(C)cc4)s3)COC2)cc1. The number of thiazole rings is 1. The minimum atomic E-state index is -4.06. The van der Waals surface area contributed by atoms with Crippen molar-refractivity contribution in [1.82, 2.24) is 18.8 Å². The largest absolute Gasteiger partial charge is 0.497 e. The summed E-state index contributed by atoms with van der Waals surface area (Å²) in [5.74, 6) is 0.781. The van der Waals surface area contributed by atoms with Crippen molar-refractivity contribution >= 4 is 44.0 Å². The number of benzene rings is 3. The Hall–Kier alpha value is -4.10. The standard InChI is InChI=1S/C39H37ClN4O5S2/c1-26-5-15-31(16-6-26)51(45,46)44-34(29-11-7-27(8-12-29)22-43-17-3-4-18-43)19-32-36(33(40)20-41-37(32)44)35-21-42-38(50-35)39(24-48-25-39)49-23-28-9-13-30(47-2)14-10-28/h5-16,19-21H,3-4,17-18,22-25H2,1-2H3. The zero-order chi connectivity index (χ0) is 35.2. The van der Waals surface area contributed by atoms with Gasteiger partial charge in [0.05, 0.1) is 47.4 Å². The monoisotopic (exact) mass is 740 g/mol. The number of likely N-dealkylation sites (tertiary alicyclic amines) is 1. The molecule has 3 aromatic carbocycles. The van der Waals surface area contributed by atoms with E-state index in [0.29, 0.717) is 47.1 Å². The lowest BCUT2D eigenvalue weighted by molar-refractivity contribution is -0.222. The van der Waals surface area contributed by atoms with Gasteiger partial charge >= 0.3 is 0 Å². The molecule has 3 aromatic heterocycles. The summed E-state index contributed by atoms with van der Waals surface area (Å²) in [6.07, 6.45) is 5.74. The van der Waals surface area contributed by atoms with Crippen LogP contribution in [0.25, 0.3) is 32.7 Å². The number of methoxy groups -OCH3 is 1. The van der Waals surface area contributed by atoms with E-state index in [1.54, 1.807) is 37.6 Å². The number of aryl methyl sites for hydroxylation is 1. The summed E-state index contributed by atoms with van der Waals surface area (Å²) in [6.45, 7) is 6.13. The van der Waals surface area contributed by atoms with Crippen LogP contribution in [0.2, 0.25) is 5.02 Å². The van der Waals surface area contributed by atoms with Crippen molar-refractivity contribution in [3.63, 3.8) is 0 Å². The molecule has 2 saturated heterocycles. The molecule has 0 unspecified atom stereocenters. The Morgan fingerprint density at radius 1 is 0.922 bits per heavy atom. The van der Waals surface area contributed by atoms with Gasteiger partial charge in [-0.3, -0.25) is 4.90 Å². The van der Waals surface area contributed by atoms with Crippen molar-refractivity contribution in [2.24, 2.45) is 0 Å². The van der Waals surface area contributed by atoms with Crippen LogP contribution in [0.15, 0.2) is 96.2 Å². The Morgan fingerprint density at radius 3 is 2.29 bits per heavy atom. The van der Waals surface area contributed by atoms with E-state index >= 15 is 0 Å². The van der Waals surface area contributed by atoms with Crippen molar-refractivity contribution < 1.29 is 22.6 Å². The molecule has 0 saturated carbocycles. The Bertz CT molecular complexity index is 2290. The molecule has 0 bridgehead atoms. The summed E-state index contributed by atoms with van der Waals surface area (Å²) in [4.78, 5) is 12.8. The van der Waals surface area contributed by atoms with Crippen LogP contribution in [0.3, 0.4) is 0 Å². The molecule has 2 aliphatic rings. The summed E-state index contributed by atoms with van der Waals surface area (Å²) >= 11 is 8.38. The highest BCUT2D eigenvalue weighted by Crippen LogP contribution is 2.45. The van der Waals surface area contributed by atoms with Crippen molar-refractivity contribution in [3.8, 4) is 27.4 Å². The fourth-order valence-electron chi connectivity index (χ4n) is 6.69. The van der Waals surface area contributed by atoms with Gasteiger partial charge in [0, 0.05) is 29.9 Å². The second-order valence-corrected chi connectivity index (χ2v) is 16.4. The third-order valence-corrected chi connectivity index (χ3v) is 12.8. The summed E-state index contributed by atoms with van der Waals surface area (Å²) in [6, 6.07) is 24.7. The van der Waals surface area contributed by atoms with E-state index in [0.717, 1.165) is 52.0 Å². The number of aromatic nitrogens is 3. The van der Waals surface area contributed by atoms with Crippen LogP contribution in [0.4, 0.5) is 0 Å². The summed E-state index contributed by atoms with van der Waals surface area (Å²) in [5.41, 5.74) is 4.68. The Labute approximate surface area is 306 Å². The van der Waals surface area contributed by atoms with Gasteiger partial charge in [0.15, 0.2) is 11.2 Å². The van der Waals surface area contributed by atoms with Crippen LogP contribution in [0.1, 0.15) is 34.5 Å². The number of pyridine rings is 1. The lowest BCUT2D eigenvalue weighted by Crippen LogP contribution is -2.48. The number of nitrogens with zero attached hydrogens (tertiary/aromatic N) is 4. The third-order valence-electron chi connectivity index (χ3n) is 9.64. The van der Waals surface area contributed by atoms with Crippen molar-refractivity contribution in [3.05, 3.63) is 118 Å². The maximum atomic E-state index is 14.5. The van der Waals surface area contributed by atoms with Crippen LogP contribution >= 0.6 is 22.9 Å². The zero-order valence-corrected chi connectivity index (χ0v) is 30.7. The molecule has 0 N–H and O–H groups in total. The number of ether oxygens (including phenoxy) is 3. The molecule has 0 atom stereocenters. The minimum absolute atomic E-state index is 0.178. The highest BCUT2D eigenvalue weighted by Gasteiger charge is 2.45. The lowest BCUT2D eigenvalue weighted by atomic mass is 10.0. The number of hydrogen-bond donors (Lipinski definition) is 0. The molecule has 0 spiro atoms. The van der Waals surface area contributed by atoms with Crippen LogP contribution < -0.4 is 4.74 Å². The second-order valence-electron chi connectivity index (χ2n) is 13.2. The van der Waals surface area contributed by atoms with Crippen LogP contribution in [0.5, 0.6) is 5.75 Å². The molecule has 0 amide bonds. The van der Waals surface area contributed by atoms with Gasteiger partial charge in [-0.15, -0.1) is 11.3 Å². The van der Waals surface area contributed by atoms with E-state index < -0.39 is 15.6 Å². The number of rotatable bonds is 11. The fourth-order valence-corrected chi connectivity index (χ4v) is 9.58. The van der Waals surface area contributed by atoms with E-state index in [4.69, 9.17) is 30.8 Å². The van der Waals surface area contributed by atoms with E-state index in [1.807, 2.05) is 49.4 Å². The molecule has 0 aliphatic carbocycles. The van der Waals surface area contributed by atoms with Crippen LogP contribution in [-0.2, 0) is 38.2 Å². The predicted octanol–water partition coefficient (Wildman–Crippen LogP) is 8.07. The van der Waals surface area contributed by atoms with Crippen molar-refractivity contribution in [1.29, 1.82) is 0 Å². The smallest absolute Gasteiger partial charge is 0.269 e.